The number of aromatic carboxylic acids is 1. The average molecular weight is 185 g/mol. The van der Waals surface area contributed by atoms with Crippen LogP contribution >= 0.6 is 0 Å². The van der Waals surface area contributed by atoms with Crippen LogP contribution in [0.25, 0.3) is 0 Å². The first kappa shape index (κ1) is 9.31. The average Bonchev–Trinajstić information content (AvgIpc) is 2.08. The van der Waals surface area contributed by atoms with Gasteiger partial charge in [0.05, 0.1) is 12.8 Å². The highest BCUT2D eigenvalue weighted by Crippen LogP contribution is 2.23. The molecule has 0 heterocycles. The smallest absolute Gasteiger partial charge is 0.339 e. The summed E-state index contributed by atoms with van der Waals surface area (Å²) in [5, 5.41) is 8.65. The molecule has 0 unspecified atom stereocenters. The zero-order valence-corrected chi connectivity index (χ0v) is 6.87. The monoisotopic (exact) mass is 185 g/mol. The number of carboxylic acids is 1. The molecule has 0 spiro atoms. The van der Waals surface area contributed by atoms with Crippen LogP contribution in [0.4, 0.5) is 10.1 Å². The third-order valence-corrected chi connectivity index (χ3v) is 1.55. The highest BCUT2D eigenvalue weighted by Gasteiger charge is 2.13. The molecule has 0 aliphatic carbocycles. The van der Waals surface area contributed by atoms with E-state index < -0.39 is 11.8 Å². The second kappa shape index (κ2) is 3.30. The second-order valence-corrected chi connectivity index (χ2v) is 2.38. The SMILES string of the molecule is COc1cc(F)c(N)cc1C(=O)O. The molecular formula is C8H8FNO3. The van der Waals surface area contributed by atoms with Gasteiger partial charge >= 0.3 is 5.97 Å². The number of nitrogens with two attached hydrogens (primary N) is 1. The van der Waals surface area contributed by atoms with E-state index in [2.05, 4.69) is 4.74 Å². The summed E-state index contributed by atoms with van der Waals surface area (Å²) >= 11 is 0. The Morgan fingerprint density at radius 2 is 2.23 bits per heavy atom. The minimum atomic E-state index is -1.21. The Labute approximate surface area is 73.7 Å². The van der Waals surface area contributed by atoms with Crippen molar-refractivity contribution in [1.29, 1.82) is 0 Å². The van der Waals surface area contributed by atoms with Crippen molar-refractivity contribution in [2.75, 3.05) is 12.8 Å². The largest absolute Gasteiger partial charge is 0.496 e. The van der Waals surface area contributed by atoms with Crippen molar-refractivity contribution in [3.63, 3.8) is 0 Å². The summed E-state index contributed by atoms with van der Waals surface area (Å²) in [5.41, 5.74) is 4.83. The predicted octanol–water partition coefficient (Wildman–Crippen LogP) is 1.11. The summed E-state index contributed by atoms with van der Waals surface area (Å²) in [4.78, 5) is 10.6. The zero-order chi connectivity index (χ0) is 10.0. The molecule has 1 aromatic rings. The van der Waals surface area contributed by atoms with Crippen LogP contribution < -0.4 is 10.5 Å². The molecule has 4 nitrogen and oxygen atoms in total. The van der Waals surface area contributed by atoms with Crippen molar-refractivity contribution in [3.05, 3.63) is 23.5 Å². The molecule has 1 aromatic carbocycles. The lowest BCUT2D eigenvalue weighted by Gasteiger charge is -2.05. The van der Waals surface area contributed by atoms with E-state index in [4.69, 9.17) is 10.8 Å². The number of methoxy groups -OCH3 is 1. The van der Waals surface area contributed by atoms with Crippen molar-refractivity contribution < 1.29 is 19.0 Å². The molecule has 1 rings (SSSR count). The lowest BCUT2D eigenvalue weighted by molar-refractivity contribution is 0.0693. The van der Waals surface area contributed by atoms with Crippen LogP contribution in [0.15, 0.2) is 12.1 Å². The van der Waals surface area contributed by atoms with Crippen LogP contribution in [0.3, 0.4) is 0 Å². The van der Waals surface area contributed by atoms with Gasteiger partial charge in [-0.2, -0.15) is 0 Å². The zero-order valence-electron chi connectivity index (χ0n) is 6.87. The van der Waals surface area contributed by atoms with E-state index in [0.29, 0.717) is 0 Å². The molecule has 0 saturated carbocycles. The molecule has 13 heavy (non-hydrogen) atoms. The number of hydrogen-bond donors (Lipinski definition) is 2. The predicted molar refractivity (Wildman–Crippen MR) is 44.3 cm³/mol. The van der Waals surface area contributed by atoms with Crippen LogP contribution in [-0.4, -0.2) is 18.2 Å². The van der Waals surface area contributed by atoms with Crippen molar-refractivity contribution in [1.82, 2.24) is 0 Å². The van der Waals surface area contributed by atoms with Crippen LogP contribution in [0.2, 0.25) is 0 Å². The van der Waals surface area contributed by atoms with Crippen LogP contribution in [0.1, 0.15) is 10.4 Å². The highest BCUT2D eigenvalue weighted by molar-refractivity contribution is 5.92. The van der Waals surface area contributed by atoms with Crippen molar-refractivity contribution in [3.8, 4) is 5.75 Å². The Bertz CT molecular complexity index is 351. The Morgan fingerprint density at radius 1 is 1.62 bits per heavy atom. The van der Waals surface area contributed by atoms with Gasteiger partial charge in [-0.15, -0.1) is 0 Å². The summed E-state index contributed by atoms with van der Waals surface area (Å²) in [5.74, 6) is -1.94. The van der Waals surface area contributed by atoms with Crippen LogP contribution in [0, 0.1) is 5.82 Å². The maximum absolute atomic E-state index is 12.8. The fraction of sp³-hybridized carbons (Fsp3) is 0.125. The Hall–Kier alpha value is -1.78. The van der Waals surface area contributed by atoms with Gasteiger partial charge in [-0.1, -0.05) is 0 Å². The first-order chi connectivity index (χ1) is 6.06. The summed E-state index contributed by atoms with van der Waals surface area (Å²) in [6.07, 6.45) is 0. The molecule has 0 radical (unpaired) electrons. The molecule has 0 aromatic heterocycles. The molecule has 0 atom stereocenters. The van der Waals surface area contributed by atoms with E-state index in [1.807, 2.05) is 0 Å². The Kier molecular flexibility index (Phi) is 2.36. The number of hydrogen-bond acceptors (Lipinski definition) is 3. The molecule has 0 fully saturated rings. The number of carbonyl (C=O) groups is 1. The van der Waals surface area contributed by atoms with Crippen LogP contribution in [0.5, 0.6) is 5.75 Å². The molecule has 0 aliphatic rings. The van der Waals surface area contributed by atoms with E-state index in [1.165, 1.54) is 7.11 Å². The Morgan fingerprint density at radius 3 is 2.69 bits per heavy atom. The lowest BCUT2D eigenvalue weighted by atomic mass is 10.1. The van der Waals surface area contributed by atoms with E-state index in [-0.39, 0.29) is 17.0 Å². The molecule has 0 aliphatic heterocycles. The molecule has 0 bridgehead atoms. The van der Waals surface area contributed by atoms with Crippen molar-refractivity contribution >= 4 is 11.7 Å². The van der Waals surface area contributed by atoms with E-state index in [1.54, 1.807) is 0 Å². The molecule has 0 saturated heterocycles. The van der Waals surface area contributed by atoms with Crippen molar-refractivity contribution in [2.45, 2.75) is 0 Å². The minimum Gasteiger partial charge on any atom is -0.496 e. The topological polar surface area (TPSA) is 72.5 Å². The molecule has 3 N–H and O–H groups in total. The summed E-state index contributed by atoms with van der Waals surface area (Å²) in [6.45, 7) is 0. The first-order valence-electron chi connectivity index (χ1n) is 3.42. The number of benzene rings is 1. The quantitative estimate of drug-likeness (QED) is 0.677. The maximum atomic E-state index is 12.8. The van der Waals surface area contributed by atoms with Gasteiger partial charge in [0, 0.05) is 6.07 Å². The molecule has 5 heteroatoms. The number of rotatable bonds is 2. The Balaban J connectivity index is 3.33. The lowest BCUT2D eigenvalue weighted by Crippen LogP contribution is -2.03. The molecule has 0 amide bonds. The number of halogens is 1. The van der Waals surface area contributed by atoms with Gasteiger partial charge in [0.25, 0.3) is 0 Å². The minimum absolute atomic E-state index is 0.0424. The normalized spacial score (nSPS) is 9.69. The van der Waals surface area contributed by atoms with Gasteiger partial charge in [0.15, 0.2) is 0 Å². The van der Waals surface area contributed by atoms with E-state index in [9.17, 15) is 9.18 Å². The van der Waals surface area contributed by atoms with Gasteiger partial charge in [0.2, 0.25) is 0 Å². The van der Waals surface area contributed by atoms with Gasteiger partial charge < -0.3 is 15.6 Å². The van der Waals surface area contributed by atoms with Gasteiger partial charge in [-0.05, 0) is 6.07 Å². The van der Waals surface area contributed by atoms with Gasteiger partial charge in [0.1, 0.15) is 17.1 Å². The van der Waals surface area contributed by atoms with Gasteiger partial charge in [-0.25, -0.2) is 9.18 Å². The summed E-state index contributed by atoms with van der Waals surface area (Å²) in [6, 6.07) is 1.97. The molecular weight excluding hydrogens is 177 g/mol. The second-order valence-electron chi connectivity index (χ2n) is 2.38. The third-order valence-electron chi connectivity index (χ3n) is 1.55. The van der Waals surface area contributed by atoms with Crippen LogP contribution in [-0.2, 0) is 0 Å². The first-order valence-corrected chi connectivity index (χ1v) is 3.42. The summed E-state index contributed by atoms with van der Waals surface area (Å²) in [7, 11) is 1.26. The van der Waals surface area contributed by atoms with Crippen molar-refractivity contribution in [2.24, 2.45) is 0 Å². The number of ether oxygens (including phenoxy) is 1. The number of anilines is 1. The molecule has 70 valence electrons. The number of nitrogen functional groups attached to an aromatic ring is 1. The highest BCUT2D eigenvalue weighted by atomic mass is 19.1. The number of carboxylic acid groups (broad SMARTS) is 1. The van der Waals surface area contributed by atoms with E-state index >= 15 is 0 Å². The van der Waals surface area contributed by atoms with Gasteiger partial charge in [-0.3, -0.25) is 0 Å². The maximum Gasteiger partial charge on any atom is 0.339 e. The van der Waals surface area contributed by atoms with E-state index in [0.717, 1.165) is 12.1 Å². The third kappa shape index (κ3) is 1.69. The fourth-order valence-corrected chi connectivity index (χ4v) is 0.908. The fourth-order valence-electron chi connectivity index (χ4n) is 0.908. The standard InChI is InChI=1S/C8H8FNO3/c1-13-7-3-5(9)6(10)2-4(7)8(11)12/h2-3H,10H2,1H3,(H,11,12). The summed E-state index contributed by atoms with van der Waals surface area (Å²) < 4.78 is 17.5.